The number of hydrogen-bond donors (Lipinski definition) is 2. The Labute approximate surface area is 190 Å². The molecule has 0 amide bonds. The maximum Gasteiger partial charge on any atom is 0.183 e. The lowest BCUT2D eigenvalue weighted by atomic mass is 9.96. The summed E-state index contributed by atoms with van der Waals surface area (Å²) in [5, 5.41) is 18.1. The van der Waals surface area contributed by atoms with Crippen molar-refractivity contribution in [2.24, 2.45) is 0 Å². The predicted octanol–water partition coefficient (Wildman–Crippen LogP) is 6.18. The minimum Gasteiger partial charge on any atom is -0.505 e. The first-order valence-electron chi connectivity index (χ1n) is 10.3. The minimum absolute atomic E-state index is 0.160. The van der Waals surface area contributed by atoms with Crippen molar-refractivity contribution in [1.29, 1.82) is 0 Å². The summed E-state index contributed by atoms with van der Waals surface area (Å²) < 4.78 is 6.04. The molecule has 0 aliphatic carbocycles. The lowest BCUT2D eigenvalue weighted by Crippen LogP contribution is -2.13. The molecule has 158 valence electrons. The molecule has 0 saturated heterocycles. The number of anilines is 1. The second-order valence-electron chi connectivity index (χ2n) is 7.34. The highest BCUT2D eigenvalue weighted by atomic mass is 32.1. The van der Waals surface area contributed by atoms with Gasteiger partial charge in [0, 0.05) is 28.7 Å². The number of hydrogen-bond acceptors (Lipinski definition) is 6. The molecule has 3 aromatic carbocycles. The van der Waals surface area contributed by atoms with Gasteiger partial charge < -0.3 is 15.2 Å². The first kappa shape index (κ1) is 20.0. The van der Waals surface area contributed by atoms with Crippen molar-refractivity contribution in [2.75, 3.05) is 5.32 Å². The molecule has 0 saturated carbocycles. The van der Waals surface area contributed by atoms with Crippen LogP contribution in [0.15, 0.2) is 96.6 Å². The van der Waals surface area contributed by atoms with Crippen LogP contribution >= 0.6 is 11.3 Å². The zero-order valence-electron chi connectivity index (χ0n) is 17.2. The van der Waals surface area contributed by atoms with Gasteiger partial charge in [-0.3, -0.25) is 4.98 Å². The number of aromatic nitrogens is 2. The predicted molar refractivity (Wildman–Crippen MR) is 128 cm³/mol. The maximum absolute atomic E-state index is 11.1. The van der Waals surface area contributed by atoms with Crippen LogP contribution in [0.5, 0.6) is 11.5 Å². The molecule has 0 spiro atoms. The second-order valence-corrected chi connectivity index (χ2v) is 8.23. The number of pyridine rings is 1. The quantitative estimate of drug-likeness (QED) is 0.317. The molecule has 0 bridgehead atoms. The van der Waals surface area contributed by atoms with Crippen molar-refractivity contribution >= 4 is 27.4 Å². The number of phenols is 1. The molecule has 0 fully saturated rings. The molecule has 5 aromatic rings. The Kier molecular flexibility index (Phi) is 5.68. The van der Waals surface area contributed by atoms with E-state index in [1.54, 1.807) is 12.4 Å². The third-order valence-electron chi connectivity index (χ3n) is 5.23. The highest BCUT2D eigenvalue weighted by Gasteiger charge is 2.21. The van der Waals surface area contributed by atoms with Gasteiger partial charge in [-0.05, 0) is 29.3 Å². The molecule has 1 unspecified atom stereocenters. The normalized spacial score (nSPS) is 11.9. The van der Waals surface area contributed by atoms with E-state index >= 15 is 0 Å². The molecule has 2 aromatic heterocycles. The Hall–Kier alpha value is -3.90. The van der Waals surface area contributed by atoms with Crippen molar-refractivity contribution in [3.05, 3.63) is 113 Å². The molecule has 1 atom stereocenters. The fraction of sp³-hybridized carbons (Fsp3) is 0.0769. The summed E-state index contributed by atoms with van der Waals surface area (Å²) in [7, 11) is 0. The van der Waals surface area contributed by atoms with Crippen molar-refractivity contribution in [2.45, 2.75) is 12.6 Å². The van der Waals surface area contributed by atoms with Gasteiger partial charge in [-0.25, -0.2) is 4.98 Å². The largest absolute Gasteiger partial charge is 0.505 e. The molecule has 0 radical (unpaired) electrons. The van der Waals surface area contributed by atoms with E-state index in [1.807, 2.05) is 84.2 Å². The second kappa shape index (κ2) is 9.08. The maximum atomic E-state index is 11.1. The van der Waals surface area contributed by atoms with Crippen molar-refractivity contribution in [3.63, 3.8) is 0 Å². The summed E-state index contributed by atoms with van der Waals surface area (Å²) in [6.45, 7) is 0.486. The van der Waals surface area contributed by atoms with Gasteiger partial charge in [0.15, 0.2) is 5.13 Å². The molecular formula is C26H21N3O2S. The molecule has 32 heavy (non-hydrogen) atoms. The fourth-order valence-corrected chi connectivity index (χ4v) is 4.22. The van der Waals surface area contributed by atoms with Gasteiger partial charge in [-0.15, -0.1) is 11.3 Å². The molecular weight excluding hydrogens is 418 g/mol. The number of nitrogens with zero attached hydrogens (tertiary/aromatic N) is 2. The summed E-state index contributed by atoms with van der Waals surface area (Å²) >= 11 is 1.51. The third-order valence-corrected chi connectivity index (χ3v) is 5.93. The van der Waals surface area contributed by atoms with Gasteiger partial charge in [0.1, 0.15) is 23.6 Å². The van der Waals surface area contributed by atoms with E-state index in [0.717, 1.165) is 33.0 Å². The van der Waals surface area contributed by atoms with E-state index in [0.29, 0.717) is 12.1 Å². The molecule has 5 rings (SSSR count). The van der Waals surface area contributed by atoms with Crippen molar-refractivity contribution in [1.82, 2.24) is 9.97 Å². The van der Waals surface area contributed by atoms with E-state index in [2.05, 4.69) is 15.3 Å². The van der Waals surface area contributed by atoms with Gasteiger partial charge in [0.25, 0.3) is 0 Å². The van der Waals surface area contributed by atoms with Crippen LogP contribution in [0.25, 0.3) is 10.9 Å². The summed E-state index contributed by atoms with van der Waals surface area (Å²) in [5.74, 6) is 0.920. The Morgan fingerprint density at radius 3 is 2.66 bits per heavy atom. The molecule has 5 nitrogen and oxygen atoms in total. The van der Waals surface area contributed by atoms with Gasteiger partial charge >= 0.3 is 0 Å². The van der Waals surface area contributed by atoms with Crippen LogP contribution in [0.1, 0.15) is 22.7 Å². The Morgan fingerprint density at radius 2 is 1.81 bits per heavy atom. The van der Waals surface area contributed by atoms with Gasteiger partial charge in [0.2, 0.25) is 0 Å². The summed E-state index contributed by atoms with van der Waals surface area (Å²) in [4.78, 5) is 8.76. The van der Waals surface area contributed by atoms with Crippen LogP contribution in [0, 0.1) is 0 Å². The third kappa shape index (κ3) is 4.26. The molecule has 2 N–H and O–H groups in total. The van der Waals surface area contributed by atoms with Crippen molar-refractivity contribution < 1.29 is 9.84 Å². The van der Waals surface area contributed by atoms with Crippen LogP contribution in [0.3, 0.4) is 0 Å². The number of phenolic OH excluding ortho intramolecular Hbond substituents is 1. The van der Waals surface area contributed by atoms with Gasteiger partial charge in [0.05, 0.1) is 6.04 Å². The van der Waals surface area contributed by atoms with E-state index in [1.165, 1.54) is 11.3 Å². The summed E-state index contributed by atoms with van der Waals surface area (Å²) in [6.07, 6.45) is 3.44. The number of fused-ring (bicyclic) bond motifs is 1. The van der Waals surface area contributed by atoms with Crippen LogP contribution in [-0.2, 0) is 6.61 Å². The lowest BCUT2D eigenvalue weighted by molar-refractivity contribution is 0.306. The smallest absolute Gasteiger partial charge is 0.183 e. The molecule has 0 aliphatic rings. The first-order valence-corrected chi connectivity index (χ1v) is 11.2. The number of ether oxygens (including phenoxy) is 1. The van der Waals surface area contributed by atoms with Crippen molar-refractivity contribution in [3.8, 4) is 11.5 Å². The highest BCUT2D eigenvalue weighted by Crippen LogP contribution is 2.37. The number of thiazole rings is 1. The van der Waals surface area contributed by atoms with Crippen LogP contribution < -0.4 is 10.1 Å². The number of benzene rings is 3. The lowest BCUT2D eigenvalue weighted by Gasteiger charge is -2.21. The molecule has 0 aliphatic heterocycles. The average Bonchev–Trinajstić information content (AvgIpc) is 3.36. The zero-order valence-corrected chi connectivity index (χ0v) is 18.0. The summed E-state index contributed by atoms with van der Waals surface area (Å²) in [6, 6.07) is 25.4. The molecule has 2 heterocycles. The van der Waals surface area contributed by atoms with E-state index in [9.17, 15) is 5.11 Å². The Morgan fingerprint density at radius 1 is 0.906 bits per heavy atom. The topological polar surface area (TPSA) is 67.3 Å². The minimum atomic E-state index is -0.326. The standard InChI is InChI=1S/C26H21N3O2S/c30-25-22(12-11-19-9-5-13-27-24(19)25)23(29-26-28-14-15-32-26)20-8-4-10-21(16-20)31-17-18-6-2-1-3-7-18/h1-16,23,30H,17H2,(H,28,29). The monoisotopic (exact) mass is 439 g/mol. The van der Waals surface area contributed by atoms with E-state index < -0.39 is 0 Å². The van der Waals surface area contributed by atoms with Crippen LogP contribution in [-0.4, -0.2) is 15.1 Å². The molecule has 6 heteroatoms. The van der Waals surface area contributed by atoms with E-state index in [-0.39, 0.29) is 11.8 Å². The number of nitrogens with one attached hydrogen (secondary N) is 1. The zero-order chi connectivity index (χ0) is 21.8. The average molecular weight is 440 g/mol. The number of rotatable bonds is 7. The first-order chi connectivity index (χ1) is 15.8. The van der Waals surface area contributed by atoms with Gasteiger partial charge in [-0.1, -0.05) is 60.7 Å². The van der Waals surface area contributed by atoms with Gasteiger partial charge in [-0.2, -0.15) is 0 Å². The Balaban J connectivity index is 1.51. The summed E-state index contributed by atoms with van der Waals surface area (Å²) in [5.41, 5.74) is 3.36. The Bertz CT molecular complexity index is 1320. The highest BCUT2D eigenvalue weighted by molar-refractivity contribution is 7.13. The van der Waals surface area contributed by atoms with Crippen LogP contribution in [0.4, 0.5) is 5.13 Å². The fourth-order valence-electron chi connectivity index (χ4n) is 3.66. The van der Waals surface area contributed by atoms with E-state index in [4.69, 9.17) is 4.74 Å². The van der Waals surface area contributed by atoms with Crippen LogP contribution in [0.2, 0.25) is 0 Å². The SMILES string of the molecule is Oc1c(C(Nc2nccs2)c2cccc(OCc3ccccc3)c2)ccc2cccnc12. The number of aromatic hydroxyl groups is 1.